The third-order valence-electron chi connectivity index (χ3n) is 5.64. The van der Waals surface area contributed by atoms with Crippen molar-refractivity contribution in [2.75, 3.05) is 25.5 Å². The summed E-state index contributed by atoms with van der Waals surface area (Å²) in [5, 5.41) is 7.66. The molecule has 3 heterocycles. The highest BCUT2D eigenvalue weighted by Gasteiger charge is 2.49. The minimum absolute atomic E-state index is 0.0762. The van der Waals surface area contributed by atoms with Crippen LogP contribution in [0.15, 0.2) is 28.9 Å². The van der Waals surface area contributed by atoms with Gasteiger partial charge in [0.2, 0.25) is 21.8 Å². The number of rotatable bonds is 10. The van der Waals surface area contributed by atoms with E-state index in [2.05, 4.69) is 24.9 Å². The zero-order valence-electron chi connectivity index (χ0n) is 18.6. The van der Waals surface area contributed by atoms with Crippen molar-refractivity contribution in [2.45, 2.75) is 43.6 Å². The Kier molecular flexibility index (Phi) is 6.45. The quantitative estimate of drug-likeness (QED) is 0.449. The van der Waals surface area contributed by atoms with E-state index in [1.54, 1.807) is 17.7 Å². The summed E-state index contributed by atoms with van der Waals surface area (Å²) in [6.45, 7) is 3.70. The second-order valence-electron chi connectivity index (χ2n) is 8.02. The van der Waals surface area contributed by atoms with Gasteiger partial charge in [-0.05, 0) is 38.8 Å². The minimum Gasteiger partial charge on any atom is -0.458 e. The van der Waals surface area contributed by atoms with Gasteiger partial charge in [-0.2, -0.15) is 0 Å². The summed E-state index contributed by atoms with van der Waals surface area (Å²) < 4.78 is 47.6. The summed E-state index contributed by atoms with van der Waals surface area (Å²) in [6, 6.07) is 3.59. The summed E-state index contributed by atoms with van der Waals surface area (Å²) in [7, 11) is -1.00. The Morgan fingerprint density at radius 3 is 2.48 bits per heavy atom. The van der Waals surface area contributed by atoms with Crippen molar-refractivity contribution < 1.29 is 22.3 Å². The maximum Gasteiger partial charge on any atom is 0.240 e. The molecular formula is C20H25ClN6O5S. The Balaban J connectivity index is 1.69. The number of ether oxygens (including phenoxy) is 2. The van der Waals surface area contributed by atoms with E-state index in [4.69, 9.17) is 25.5 Å². The lowest BCUT2D eigenvalue weighted by Crippen LogP contribution is -2.35. The van der Waals surface area contributed by atoms with Gasteiger partial charge in [-0.15, -0.1) is 10.2 Å². The minimum atomic E-state index is -4.00. The van der Waals surface area contributed by atoms with Crippen LogP contribution in [0.25, 0.3) is 11.6 Å². The monoisotopic (exact) mass is 496 g/mol. The standard InChI is InChI=1S/C20H25ClN6O5S/c1-12-5-6-15(32-12)18-24-25-19(27(18)20(7-8-20)11-30-3)26-33(28,29)13(2)16(31-4)17-22-9-14(21)10-23-17/h5-6,9-10,13,16H,7-8,11H2,1-4H3,(H,25,26)/t13-,16-/m0/s1. The molecule has 1 saturated carbocycles. The summed E-state index contributed by atoms with van der Waals surface area (Å²) in [5.74, 6) is 1.90. The molecule has 0 unspecified atom stereocenters. The molecule has 0 radical (unpaired) electrons. The molecule has 1 aliphatic rings. The van der Waals surface area contributed by atoms with Gasteiger partial charge >= 0.3 is 0 Å². The second-order valence-corrected chi connectivity index (χ2v) is 10.5. The number of aromatic nitrogens is 5. The maximum absolute atomic E-state index is 13.3. The Labute approximate surface area is 196 Å². The molecule has 4 rings (SSSR count). The lowest BCUT2D eigenvalue weighted by atomic mass is 10.2. The van der Waals surface area contributed by atoms with E-state index in [1.807, 2.05) is 13.0 Å². The molecule has 11 nitrogen and oxygen atoms in total. The normalized spacial score (nSPS) is 17.0. The van der Waals surface area contributed by atoms with Crippen molar-refractivity contribution in [1.29, 1.82) is 0 Å². The highest BCUT2D eigenvalue weighted by molar-refractivity contribution is 7.93. The van der Waals surface area contributed by atoms with Gasteiger partial charge in [-0.25, -0.2) is 18.4 Å². The second kappa shape index (κ2) is 9.01. The third-order valence-corrected chi connectivity index (χ3v) is 7.52. The van der Waals surface area contributed by atoms with Crippen LogP contribution >= 0.6 is 11.6 Å². The van der Waals surface area contributed by atoms with Gasteiger partial charge < -0.3 is 13.9 Å². The Morgan fingerprint density at radius 2 is 1.94 bits per heavy atom. The molecule has 0 bridgehead atoms. The fourth-order valence-corrected chi connectivity index (χ4v) is 4.95. The summed E-state index contributed by atoms with van der Waals surface area (Å²) in [4.78, 5) is 8.21. The molecule has 13 heteroatoms. The van der Waals surface area contributed by atoms with Crippen LogP contribution in [0.2, 0.25) is 5.02 Å². The van der Waals surface area contributed by atoms with Crippen molar-refractivity contribution in [3.8, 4) is 11.6 Å². The number of halogens is 1. The van der Waals surface area contributed by atoms with Crippen LogP contribution in [-0.2, 0) is 25.0 Å². The predicted octanol–water partition coefficient (Wildman–Crippen LogP) is 2.94. The molecule has 3 aromatic heterocycles. The molecule has 3 aromatic rings. The third kappa shape index (κ3) is 4.60. The number of hydrogen-bond donors (Lipinski definition) is 1. The molecule has 0 spiro atoms. The summed E-state index contributed by atoms with van der Waals surface area (Å²) in [6.07, 6.45) is 3.42. The molecule has 1 N–H and O–H groups in total. The highest BCUT2D eigenvalue weighted by atomic mass is 35.5. The van der Waals surface area contributed by atoms with Crippen molar-refractivity contribution >= 4 is 27.6 Å². The van der Waals surface area contributed by atoms with Crippen LogP contribution in [0.3, 0.4) is 0 Å². The van der Waals surface area contributed by atoms with Crippen LogP contribution in [-0.4, -0.2) is 59.2 Å². The fraction of sp³-hybridized carbons (Fsp3) is 0.500. The molecule has 33 heavy (non-hydrogen) atoms. The molecular weight excluding hydrogens is 472 g/mol. The number of nitrogens with zero attached hydrogens (tertiary/aromatic N) is 5. The van der Waals surface area contributed by atoms with E-state index < -0.39 is 26.9 Å². The van der Waals surface area contributed by atoms with Crippen molar-refractivity contribution in [2.24, 2.45) is 0 Å². The predicted molar refractivity (Wildman–Crippen MR) is 120 cm³/mol. The summed E-state index contributed by atoms with van der Waals surface area (Å²) in [5.41, 5.74) is -0.463. The van der Waals surface area contributed by atoms with Crippen LogP contribution in [0, 0.1) is 6.92 Å². The molecule has 0 aliphatic heterocycles. The van der Waals surface area contributed by atoms with E-state index >= 15 is 0 Å². The molecule has 1 aliphatic carbocycles. The first kappa shape index (κ1) is 23.6. The first-order chi connectivity index (χ1) is 15.7. The van der Waals surface area contributed by atoms with Crippen LogP contribution in [0.4, 0.5) is 5.95 Å². The molecule has 1 fully saturated rings. The van der Waals surface area contributed by atoms with Gasteiger partial charge in [0.15, 0.2) is 11.6 Å². The Bertz CT molecular complexity index is 1220. The SMILES string of the molecule is COCC1(n2c(NS(=O)(=O)[C@@H](C)[C@H](OC)c3ncc(Cl)cn3)nnc2-c2ccc(C)o2)CC1. The number of nitrogens with one attached hydrogen (secondary N) is 1. The number of aryl methyl sites for hydroxylation is 1. The fourth-order valence-electron chi connectivity index (χ4n) is 3.72. The highest BCUT2D eigenvalue weighted by Crippen LogP contribution is 2.48. The number of anilines is 1. The molecule has 2 atom stereocenters. The molecule has 178 valence electrons. The zero-order valence-corrected chi connectivity index (χ0v) is 20.2. The zero-order chi connectivity index (χ0) is 23.8. The van der Waals surface area contributed by atoms with Gasteiger partial charge in [0.1, 0.15) is 17.1 Å². The first-order valence-corrected chi connectivity index (χ1v) is 12.2. The number of methoxy groups -OCH3 is 2. The average Bonchev–Trinajstić information content (AvgIpc) is 3.21. The van der Waals surface area contributed by atoms with Crippen LogP contribution in [0.1, 0.15) is 37.5 Å². The lowest BCUT2D eigenvalue weighted by molar-refractivity contribution is 0.0950. The maximum atomic E-state index is 13.3. The van der Waals surface area contributed by atoms with E-state index in [-0.39, 0.29) is 11.8 Å². The Hall–Kier alpha value is -2.54. The topological polar surface area (TPSA) is 134 Å². The van der Waals surface area contributed by atoms with Gasteiger partial charge in [0, 0.05) is 26.6 Å². The largest absolute Gasteiger partial charge is 0.458 e. The van der Waals surface area contributed by atoms with E-state index in [0.717, 1.165) is 12.8 Å². The van der Waals surface area contributed by atoms with Gasteiger partial charge in [-0.3, -0.25) is 9.29 Å². The number of sulfonamides is 1. The van der Waals surface area contributed by atoms with E-state index in [1.165, 1.54) is 26.4 Å². The number of furan rings is 1. The van der Waals surface area contributed by atoms with Crippen LogP contribution < -0.4 is 4.72 Å². The average molecular weight is 497 g/mol. The van der Waals surface area contributed by atoms with E-state index in [9.17, 15) is 8.42 Å². The van der Waals surface area contributed by atoms with Crippen molar-refractivity contribution in [3.63, 3.8) is 0 Å². The summed E-state index contributed by atoms with van der Waals surface area (Å²) >= 11 is 5.85. The van der Waals surface area contributed by atoms with Crippen molar-refractivity contribution in [3.05, 3.63) is 41.1 Å². The number of hydrogen-bond acceptors (Lipinski definition) is 9. The van der Waals surface area contributed by atoms with Gasteiger partial charge in [0.05, 0.1) is 17.2 Å². The molecule has 0 amide bonds. The molecule has 0 aromatic carbocycles. The smallest absolute Gasteiger partial charge is 0.240 e. The van der Waals surface area contributed by atoms with Gasteiger partial charge in [-0.1, -0.05) is 11.6 Å². The molecule has 0 saturated heterocycles. The van der Waals surface area contributed by atoms with Gasteiger partial charge in [0.25, 0.3) is 0 Å². The van der Waals surface area contributed by atoms with E-state index in [0.29, 0.717) is 29.0 Å². The van der Waals surface area contributed by atoms with Crippen LogP contribution in [0.5, 0.6) is 0 Å². The Morgan fingerprint density at radius 1 is 1.24 bits per heavy atom. The first-order valence-electron chi connectivity index (χ1n) is 10.2. The van der Waals surface area contributed by atoms with Crippen molar-refractivity contribution in [1.82, 2.24) is 24.7 Å². The lowest BCUT2D eigenvalue weighted by Gasteiger charge is -2.24.